The smallest absolute Gasteiger partial charge is 0.328 e. The van der Waals surface area contributed by atoms with E-state index in [1.165, 1.54) is 6.08 Å². The lowest BCUT2D eigenvalue weighted by Crippen LogP contribution is -2.36. The third-order valence-electron chi connectivity index (χ3n) is 3.13. The molecule has 21 heavy (non-hydrogen) atoms. The molecule has 2 rings (SSSR count). The number of para-hydroxylation sites is 1. The molecule has 1 aliphatic carbocycles. The van der Waals surface area contributed by atoms with Crippen LogP contribution in [-0.4, -0.2) is 36.6 Å². The van der Waals surface area contributed by atoms with E-state index in [9.17, 15) is 9.59 Å². The van der Waals surface area contributed by atoms with E-state index in [4.69, 9.17) is 16.7 Å². The van der Waals surface area contributed by atoms with Gasteiger partial charge in [0.1, 0.15) is 0 Å². The van der Waals surface area contributed by atoms with Crippen LogP contribution in [0.4, 0.5) is 5.69 Å². The number of aliphatic carboxylic acids is 1. The number of nitrogens with zero attached hydrogens (tertiary/aromatic N) is 1. The van der Waals surface area contributed by atoms with Crippen LogP contribution in [0.25, 0.3) is 6.08 Å². The van der Waals surface area contributed by atoms with Gasteiger partial charge in [0, 0.05) is 19.2 Å². The largest absolute Gasteiger partial charge is 0.478 e. The van der Waals surface area contributed by atoms with Gasteiger partial charge in [-0.1, -0.05) is 23.7 Å². The first-order chi connectivity index (χ1) is 9.97. The molecule has 0 bridgehead atoms. The number of hydrogen-bond donors (Lipinski definition) is 2. The molecule has 0 aromatic heterocycles. The second kappa shape index (κ2) is 6.63. The van der Waals surface area contributed by atoms with Crippen molar-refractivity contribution in [2.24, 2.45) is 0 Å². The zero-order valence-corrected chi connectivity index (χ0v) is 12.4. The highest BCUT2D eigenvalue weighted by Crippen LogP contribution is 2.30. The summed E-state index contributed by atoms with van der Waals surface area (Å²) in [5.41, 5.74) is 1.30. The molecular weight excluding hydrogens is 292 g/mol. The topological polar surface area (TPSA) is 69.6 Å². The van der Waals surface area contributed by atoms with Gasteiger partial charge in [0.15, 0.2) is 0 Å². The van der Waals surface area contributed by atoms with Gasteiger partial charge in [0.2, 0.25) is 5.91 Å². The van der Waals surface area contributed by atoms with Gasteiger partial charge in [-0.3, -0.25) is 4.79 Å². The van der Waals surface area contributed by atoms with Crippen molar-refractivity contribution < 1.29 is 14.7 Å². The fourth-order valence-corrected chi connectivity index (χ4v) is 2.35. The molecule has 1 saturated carbocycles. The van der Waals surface area contributed by atoms with Gasteiger partial charge in [-0.2, -0.15) is 0 Å². The Morgan fingerprint density at radius 1 is 1.48 bits per heavy atom. The zero-order chi connectivity index (χ0) is 15.4. The molecule has 1 aromatic carbocycles. The summed E-state index contributed by atoms with van der Waals surface area (Å²) in [7, 11) is 1.76. The van der Waals surface area contributed by atoms with Crippen molar-refractivity contribution in [3.63, 3.8) is 0 Å². The molecular formula is C15H17ClN2O3. The molecule has 0 aliphatic heterocycles. The van der Waals surface area contributed by atoms with Crippen molar-refractivity contribution in [2.75, 3.05) is 18.5 Å². The number of carbonyl (C=O) groups is 2. The molecule has 5 nitrogen and oxygen atoms in total. The number of benzene rings is 1. The lowest BCUT2D eigenvalue weighted by Gasteiger charge is -2.22. The number of carboxylic acid groups (broad SMARTS) is 1. The first-order valence-corrected chi connectivity index (χ1v) is 7.05. The number of hydrogen-bond acceptors (Lipinski definition) is 3. The van der Waals surface area contributed by atoms with Crippen LogP contribution in [0.2, 0.25) is 5.02 Å². The lowest BCUT2D eigenvalue weighted by molar-refractivity contribution is -0.131. The van der Waals surface area contributed by atoms with Gasteiger partial charge in [-0.25, -0.2) is 4.79 Å². The molecule has 1 amide bonds. The molecule has 112 valence electrons. The quantitative estimate of drug-likeness (QED) is 0.790. The predicted octanol–water partition coefficient (Wildman–Crippen LogP) is 2.15. The van der Waals surface area contributed by atoms with Crippen LogP contribution < -0.4 is 10.2 Å². The number of nitrogens with one attached hydrogen (secondary N) is 1. The van der Waals surface area contributed by atoms with E-state index >= 15 is 0 Å². The Hall–Kier alpha value is -2.01. The van der Waals surface area contributed by atoms with Gasteiger partial charge >= 0.3 is 5.97 Å². The Morgan fingerprint density at radius 2 is 2.19 bits per heavy atom. The Kier molecular flexibility index (Phi) is 4.85. The van der Waals surface area contributed by atoms with E-state index in [0.29, 0.717) is 22.3 Å². The SMILES string of the molecule is CN(CC(=O)NC1CC1)c1c(Cl)cccc1/C=C/C(=O)O. The van der Waals surface area contributed by atoms with Gasteiger partial charge in [-0.05, 0) is 30.5 Å². The van der Waals surface area contributed by atoms with E-state index in [1.54, 1.807) is 30.1 Å². The number of amides is 1. The van der Waals surface area contributed by atoms with E-state index < -0.39 is 5.97 Å². The Morgan fingerprint density at radius 3 is 2.81 bits per heavy atom. The fourth-order valence-electron chi connectivity index (χ4n) is 2.03. The standard InChI is InChI=1S/C15H17ClN2O3/c1-18(9-13(19)17-11-6-7-11)15-10(5-8-14(20)21)3-2-4-12(15)16/h2-5,8,11H,6-7,9H2,1H3,(H,17,19)(H,20,21)/b8-5+. The highest BCUT2D eigenvalue weighted by atomic mass is 35.5. The van der Waals surface area contributed by atoms with Gasteiger partial charge < -0.3 is 15.3 Å². The summed E-state index contributed by atoms with van der Waals surface area (Å²) in [4.78, 5) is 24.2. The Bertz CT molecular complexity index is 582. The molecule has 0 heterocycles. The second-order valence-corrected chi connectivity index (χ2v) is 5.45. The highest BCUT2D eigenvalue weighted by molar-refractivity contribution is 6.33. The monoisotopic (exact) mass is 308 g/mol. The third-order valence-corrected chi connectivity index (χ3v) is 3.43. The van der Waals surface area contributed by atoms with E-state index in [0.717, 1.165) is 18.9 Å². The van der Waals surface area contributed by atoms with Crippen LogP contribution in [0.15, 0.2) is 24.3 Å². The van der Waals surface area contributed by atoms with Crippen LogP contribution >= 0.6 is 11.6 Å². The second-order valence-electron chi connectivity index (χ2n) is 5.05. The molecule has 0 saturated heterocycles. The number of anilines is 1. The van der Waals surface area contributed by atoms with E-state index in [-0.39, 0.29) is 12.5 Å². The molecule has 0 spiro atoms. The van der Waals surface area contributed by atoms with Gasteiger partial charge in [0.05, 0.1) is 17.3 Å². The maximum atomic E-state index is 11.9. The summed E-state index contributed by atoms with van der Waals surface area (Å²) in [6, 6.07) is 5.52. The summed E-state index contributed by atoms with van der Waals surface area (Å²) >= 11 is 6.19. The average Bonchev–Trinajstić information content (AvgIpc) is 3.19. The number of carbonyl (C=O) groups excluding carboxylic acids is 1. The lowest BCUT2D eigenvalue weighted by atomic mass is 10.1. The van der Waals surface area contributed by atoms with Crippen molar-refractivity contribution in [3.05, 3.63) is 34.9 Å². The number of rotatable bonds is 6. The fraction of sp³-hybridized carbons (Fsp3) is 0.333. The Balaban J connectivity index is 2.15. The summed E-state index contributed by atoms with van der Waals surface area (Å²) in [6.07, 6.45) is 4.59. The summed E-state index contributed by atoms with van der Waals surface area (Å²) in [6.45, 7) is 0.175. The van der Waals surface area contributed by atoms with Crippen LogP contribution in [0.5, 0.6) is 0 Å². The van der Waals surface area contributed by atoms with Crippen molar-refractivity contribution in [3.8, 4) is 0 Å². The molecule has 1 fully saturated rings. The van der Waals surface area contributed by atoms with Gasteiger partial charge in [0.25, 0.3) is 0 Å². The maximum Gasteiger partial charge on any atom is 0.328 e. The third kappa shape index (κ3) is 4.49. The Labute approximate surface area is 128 Å². The molecule has 6 heteroatoms. The summed E-state index contributed by atoms with van der Waals surface area (Å²) < 4.78 is 0. The number of likely N-dealkylation sites (N-methyl/N-ethyl adjacent to an activating group) is 1. The molecule has 1 aromatic rings. The molecule has 0 unspecified atom stereocenters. The van der Waals surface area contributed by atoms with Crippen LogP contribution in [0.3, 0.4) is 0 Å². The van der Waals surface area contributed by atoms with E-state index in [2.05, 4.69) is 5.32 Å². The van der Waals surface area contributed by atoms with Crippen molar-refractivity contribution in [1.29, 1.82) is 0 Å². The van der Waals surface area contributed by atoms with Crippen LogP contribution in [0, 0.1) is 0 Å². The average molecular weight is 309 g/mol. The first-order valence-electron chi connectivity index (χ1n) is 6.67. The molecule has 1 aliphatic rings. The zero-order valence-electron chi connectivity index (χ0n) is 11.7. The summed E-state index contributed by atoms with van der Waals surface area (Å²) in [5, 5.41) is 12.1. The van der Waals surface area contributed by atoms with Gasteiger partial charge in [-0.15, -0.1) is 0 Å². The summed E-state index contributed by atoms with van der Waals surface area (Å²) in [5.74, 6) is -1.09. The number of halogens is 1. The van der Waals surface area contributed by atoms with E-state index in [1.807, 2.05) is 0 Å². The van der Waals surface area contributed by atoms with Crippen molar-refractivity contribution >= 4 is 35.2 Å². The molecule has 0 radical (unpaired) electrons. The first kappa shape index (κ1) is 15.4. The van der Waals surface area contributed by atoms with Crippen LogP contribution in [0.1, 0.15) is 18.4 Å². The normalized spacial score (nSPS) is 14.2. The highest BCUT2D eigenvalue weighted by Gasteiger charge is 2.24. The number of carboxylic acids is 1. The molecule has 0 atom stereocenters. The van der Waals surface area contributed by atoms with Crippen molar-refractivity contribution in [1.82, 2.24) is 5.32 Å². The minimum absolute atomic E-state index is 0.0620. The maximum absolute atomic E-state index is 11.9. The predicted molar refractivity (Wildman–Crippen MR) is 82.6 cm³/mol. The van der Waals surface area contributed by atoms with Crippen LogP contribution in [-0.2, 0) is 9.59 Å². The minimum atomic E-state index is -1.03. The minimum Gasteiger partial charge on any atom is -0.478 e. The van der Waals surface area contributed by atoms with Crippen molar-refractivity contribution in [2.45, 2.75) is 18.9 Å². The molecule has 2 N–H and O–H groups in total.